The van der Waals surface area contributed by atoms with Crippen molar-refractivity contribution in [1.82, 2.24) is 4.90 Å². The smallest absolute Gasteiger partial charge is 0.260 e. The number of amides is 1. The molecule has 1 aromatic heterocycles. The zero-order valence-corrected chi connectivity index (χ0v) is 16.8. The summed E-state index contributed by atoms with van der Waals surface area (Å²) in [6.45, 7) is 4.64. The molecule has 29 heavy (non-hydrogen) atoms. The monoisotopic (exact) mass is 391 g/mol. The van der Waals surface area contributed by atoms with E-state index in [2.05, 4.69) is 6.92 Å². The molecule has 5 nitrogen and oxygen atoms in total. The van der Waals surface area contributed by atoms with Gasteiger partial charge in [0.05, 0.1) is 10.9 Å². The Labute approximate surface area is 169 Å². The van der Waals surface area contributed by atoms with Crippen LogP contribution in [0.15, 0.2) is 57.7 Å². The Bertz CT molecular complexity index is 1090. The fraction of sp³-hybridized carbons (Fsp3) is 0.333. The molecule has 2 heterocycles. The number of likely N-dealkylation sites (tertiary alicyclic amines) is 1. The lowest BCUT2D eigenvalue weighted by atomic mass is 10.0. The first-order valence-electron chi connectivity index (χ1n) is 10.1. The van der Waals surface area contributed by atoms with Gasteiger partial charge in [-0.3, -0.25) is 9.59 Å². The van der Waals surface area contributed by atoms with Crippen molar-refractivity contribution in [3.63, 3.8) is 0 Å². The molecule has 150 valence electrons. The molecule has 0 N–H and O–H groups in total. The molecular formula is C24H25NO4. The summed E-state index contributed by atoms with van der Waals surface area (Å²) in [5.74, 6) is 1.07. The first-order valence-corrected chi connectivity index (χ1v) is 10.1. The normalized spacial score (nSPS) is 16.8. The second-order valence-electron chi connectivity index (χ2n) is 7.61. The Kier molecular flexibility index (Phi) is 5.38. The van der Waals surface area contributed by atoms with Crippen molar-refractivity contribution >= 4 is 16.9 Å². The second-order valence-corrected chi connectivity index (χ2v) is 7.61. The number of nitrogens with zero attached hydrogens (tertiary/aromatic N) is 1. The standard InChI is InChI=1S/C24H25NO4/c1-16-8-6-7-13-25(16)22(26)15-28-19-11-12-20-21(14-19)29-17(2)23(24(20)27)18-9-4-3-5-10-18/h3-5,9-12,14,16H,6-8,13,15H2,1-2H3/t16-/m0/s1. The summed E-state index contributed by atoms with van der Waals surface area (Å²) in [7, 11) is 0. The van der Waals surface area contributed by atoms with Crippen LogP contribution >= 0.6 is 0 Å². The molecule has 5 heteroatoms. The fourth-order valence-electron chi connectivity index (χ4n) is 4.01. The molecule has 1 aliphatic heterocycles. The summed E-state index contributed by atoms with van der Waals surface area (Å²) in [6, 6.07) is 14.9. The predicted octanol–water partition coefficient (Wildman–Crippen LogP) is 4.55. The third-order valence-corrected chi connectivity index (χ3v) is 5.59. The molecule has 1 aliphatic rings. The van der Waals surface area contributed by atoms with Crippen LogP contribution in [0.1, 0.15) is 31.9 Å². The van der Waals surface area contributed by atoms with Crippen LogP contribution in [0.25, 0.3) is 22.1 Å². The molecule has 2 aromatic carbocycles. The molecule has 0 unspecified atom stereocenters. The lowest BCUT2D eigenvalue weighted by Gasteiger charge is -2.33. The van der Waals surface area contributed by atoms with E-state index in [-0.39, 0.29) is 24.0 Å². The number of hydrogen-bond acceptors (Lipinski definition) is 4. The number of fused-ring (bicyclic) bond motifs is 1. The van der Waals surface area contributed by atoms with Crippen LogP contribution in [0.2, 0.25) is 0 Å². The van der Waals surface area contributed by atoms with Gasteiger partial charge in [0.1, 0.15) is 17.1 Å². The summed E-state index contributed by atoms with van der Waals surface area (Å²) in [5, 5.41) is 0.498. The van der Waals surface area contributed by atoms with Crippen molar-refractivity contribution in [1.29, 1.82) is 0 Å². The molecule has 0 aliphatic carbocycles. The van der Waals surface area contributed by atoms with Crippen molar-refractivity contribution in [2.45, 2.75) is 39.2 Å². The Morgan fingerprint density at radius 1 is 1.17 bits per heavy atom. The highest BCUT2D eigenvalue weighted by Gasteiger charge is 2.23. The molecule has 0 spiro atoms. The Morgan fingerprint density at radius 2 is 1.97 bits per heavy atom. The highest BCUT2D eigenvalue weighted by molar-refractivity contribution is 5.84. The number of ether oxygens (including phenoxy) is 1. The molecule has 3 aromatic rings. The summed E-state index contributed by atoms with van der Waals surface area (Å²) in [5.41, 5.74) is 1.80. The van der Waals surface area contributed by atoms with Gasteiger partial charge in [0.2, 0.25) is 5.43 Å². The Hall–Kier alpha value is -3.08. The number of aryl methyl sites for hydroxylation is 1. The number of carbonyl (C=O) groups excluding carboxylic acids is 1. The van der Waals surface area contributed by atoms with Crippen LogP contribution in [0.5, 0.6) is 5.75 Å². The molecule has 1 amide bonds. The van der Waals surface area contributed by atoms with Crippen LogP contribution in [0, 0.1) is 6.92 Å². The minimum absolute atomic E-state index is 0.00523. The van der Waals surface area contributed by atoms with Crippen molar-refractivity contribution < 1.29 is 13.9 Å². The minimum atomic E-state index is -0.0697. The summed E-state index contributed by atoms with van der Waals surface area (Å²) in [6.07, 6.45) is 3.25. The number of rotatable bonds is 4. The SMILES string of the molecule is Cc1oc2cc(OCC(=O)N3CCCC[C@@H]3C)ccc2c(=O)c1-c1ccccc1. The second kappa shape index (κ2) is 8.11. The maximum atomic E-state index is 13.0. The van der Waals surface area contributed by atoms with Crippen molar-refractivity contribution in [3.8, 4) is 16.9 Å². The number of piperidine rings is 1. The lowest BCUT2D eigenvalue weighted by molar-refractivity contribution is -0.136. The number of hydrogen-bond donors (Lipinski definition) is 0. The van der Waals surface area contributed by atoms with E-state index in [0.29, 0.717) is 28.0 Å². The fourth-order valence-corrected chi connectivity index (χ4v) is 4.01. The Balaban J connectivity index is 1.57. The average molecular weight is 391 g/mol. The van der Waals surface area contributed by atoms with Crippen LogP contribution in [-0.2, 0) is 4.79 Å². The van der Waals surface area contributed by atoms with Gasteiger partial charge in [0.25, 0.3) is 5.91 Å². The van der Waals surface area contributed by atoms with Crippen LogP contribution in [-0.4, -0.2) is 30.0 Å². The van der Waals surface area contributed by atoms with E-state index in [9.17, 15) is 9.59 Å². The zero-order valence-electron chi connectivity index (χ0n) is 16.8. The van der Waals surface area contributed by atoms with E-state index in [1.807, 2.05) is 35.2 Å². The number of carbonyl (C=O) groups is 1. The van der Waals surface area contributed by atoms with Gasteiger partial charge in [-0.1, -0.05) is 30.3 Å². The Morgan fingerprint density at radius 3 is 2.72 bits per heavy atom. The first-order chi connectivity index (χ1) is 14.0. The highest BCUT2D eigenvalue weighted by Crippen LogP contribution is 2.26. The van der Waals surface area contributed by atoms with Gasteiger partial charge in [0, 0.05) is 18.7 Å². The van der Waals surface area contributed by atoms with Crippen molar-refractivity contribution in [3.05, 3.63) is 64.5 Å². The molecule has 1 saturated heterocycles. The summed E-state index contributed by atoms with van der Waals surface area (Å²) in [4.78, 5) is 27.4. The van der Waals surface area contributed by atoms with E-state index in [1.54, 1.807) is 25.1 Å². The molecule has 0 saturated carbocycles. The molecule has 0 bridgehead atoms. The van der Waals surface area contributed by atoms with Crippen LogP contribution < -0.4 is 10.2 Å². The zero-order chi connectivity index (χ0) is 20.4. The van der Waals surface area contributed by atoms with Gasteiger partial charge in [-0.15, -0.1) is 0 Å². The number of benzene rings is 2. The first kappa shape index (κ1) is 19.2. The third kappa shape index (κ3) is 3.90. The van der Waals surface area contributed by atoms with Crippen LogP contribution in [0.4, 0.5) is 0 Å². The van der Waals surface area contributed by atoms with E-state index < -0.39 is 0 Å². The topological polar surface area (TPSA) is 59.8 Å². The van der Waals surface area contributed by atoms with E-state index in [4.69, 9.17) is 9.15 Å². The molecule has 4 rings (SSSR count). The van der Waals surface area contributed by atoms with E-state index in [0.717, 1.165) is 24.9 Å². The minimum Gasteiger partial charge on any atom is -0.484 e. The molecule has 1 atom stereocenters. The van der Waals surface area contributed by atoms with E-state index in [1.165, 1.54) is 6.42 Å². The van der Waals surface area contributed by atoms with Gasteiger partial charge in [-0.2, -0.15) is 0 Å². The summed E-state index contributed by atoms with van der Waals surface area (Å²) >= 11 is 0. The maximum Gasteiger partial charge on any atom is 0.260 e. The molecular weight excluding hydrogens is 366 g/mol. The van der Waals surface area contributed by atoms with Crippen molar-refractivity contribution in [2.24, 2.45) is 0 Å². The molecule has 0 radical (unpaired) electrons. The van der Waals surface area contributed by atoms with Gasteiger partial charge >= 0.3 is 0 Å². The third-order valence-electron chi connectivity index (χ3n) is 5.59. The maximum absolute atomic E-state index is 13.0. The van der Waals surface area contributed by atoms with Crippen molar-refractivity contribution in [2.75, 3.05) is 13.2 Å². The summed E-state index contributed by atoms with van der Waals surface area (Å²) < 4.78 is 11.7. The van der Waals surface area contributed by atoms with E-state index >= 15 is 0 Å². The highest BCUT2D eigenvalue weighted by atomic mass is 16.5. The predicted molar refractivity (Wildman–Crippen MR) is 113 cm³/mol. The van der Waals surface area contributed by atoms with Gasteiger partial charge in [-0.25, -0.2) is 0 Å². The molecule has 1 fully saturated rings. The van der Waals surface area contributed by atoms with Gasteiger partial charge in [-0.05, 0) is 50.8 Å². The lowest BCUT2D eigenvalue weighted by Crippen LogP contribution is -2.44. The quantitative estimate of drug-likeness (QED) is 0.655. The van der Waals surface area contributed by atoms with Gasteiger partial charge < -0.3 is 14.1 Å². The van der Waals surface area contributed by atoms with Crippen LogP contribution in [0.3, 0.4) is 0 Å². The largest absolute Gasteiger partial charge is 0.484 e. The van der Waals surface area contributed by atoms with Gasteiger partial charge in [0.15, 0.2) is 6.61 Å². The average Bonchev–Trinajstić information content (AvgIpc) is 2.73.